The van der Waals surface area contributed by atoms with Gasteiger partial charge in [-0.15, -0.1) is 0 Å². The van der Waals surface area contributed by atoms with Crippen molar-refractivity contribution in [2.45, 2.75) is 53.1 Å². The van der Waals surface area contributed by atoms with E-state index in [0.717, 1.165) is 6.07 Å². The highest BCUT2D eigenvalue weighted by Gasteiger charge is 2.34. The summed E-state index contributed by atoms with van der Waals surface area (Å²) in [6, 6.07) is 3.32. The van der Waals surface area contributed by atoms with Gasteiger partial charge in [0.15, 0.2) is 5.65 Å². The van der Waals surface area contributed by atoms with Crippen molar-refractivity contribution >= 4 is 22.8 Å². The quantitative estimate of drug-likeness (QED) is 0.372. The summed E-state index contributed by atoms with van der Waals surface area (Å²) < 4.78 is 30.1. The van der Waals surface area contributed by atoms with Crippen LogP contribution in [-0.4, -0.2) is 60.5 Å². The number of halogens is 2. The maximum absolute atomic E-state index is 14.2. The molecule has 38 heavy (non-hydrogen) atoms. The van der Waals surface area contributed by atoms with Crippen LogP contribution in [0.5, 0.6) is 0 Å². The molecule has 0 radical (unpaired) electrons. The van der Waals surface area contributed by atoms with Gasteiger partial charge in [-0.2, -0.15) is 0 Å². The molecule has 0 saturated carbocycles. The van der Waals surface area contributed by atoms with Gasteiger partial charge in [0.2, 0.25) is 5.91 Å². The molecule has 0 bridgehead atoms. The zero-order valence-electron chi connectivity index (χ0n) is 22.2. The van der Waals surface area contributed by atoms with E-state index in [2.05, 4.69) is 26.8 Å². The van der Waals surface area contributed by atoms with E-state index in [-0.39, 0.29) is 23.9 Å². The molecular weight excluding hydrogens is 488 g/mol. The highest BCUT2D eigenvalue weighted by atomic mass is 19.1. The average molecular weight is 520 g/mol. The second kappa shape index (κ2) is 10.1. The predicted octanol–water partition coefficient (Wildman–Crippen LogP) is 4.94. The highest BCUT2D eigenvalue weighted by Crippen LogP contribution is 2.38. The summed E-state index contributed by atoms with van der Waals surface area (Å²) >= 11 is 0. The Morgan fingerprint density at radius 3 is 2.39 bits per heavy atom. The van der Waals surface area contributed by atoms with Crippen molar-refractivity contribution in [3.63, 3.8) is 0 Å². The summed E-state index contributed by atoms with van der Waals surface area (Å²) in [5, 5.41) is 0.710. The molecule has 1 aliphatic rings. The van der Waals surface area contributed by atoms with Crippen molar-refractivity contribution in [2.24, 2.45) is 5.92 Å². The number of anilines is 1. The van der Waals surface area contributed by atoms with Crippen LogP contribution in [0.15, 0.2) is 43.1 Å². The first-order valence-corrected chi connectivity index (χ1v) is 12.8. The molecule has 4 aromatic rings. The van der Waals surface area contributed by atoms with Gasteiger partial charge in [-0.3, -0.25) is 14.8 Å². The number of rotatable bonds is 5. The zero-order valence-corrected chi connectivity index (χ0v) is 22.2. The Kier molecular flexibility index (Phi) is 6.81. The van der Waals surface area contributed by atoms with Crippen LogP contribution in [0.25, 0.3) is 28.0 Å². The SMILES string of the molecule is Cc1nccnc1-c1cn(-c2cc(F)cc(F)c2)c2ncnc(N3C[C@@H](C)N(C(=O)CC(C)C)C[C@@H]3C)c12. The Hall–Kier alpha value is -3.95. The van der Waals surface area contributed by atoms with Gasteiger partial charge >= 0.3 is 0 Å². The first-order chi connectivity index (χ1) is 18.1. The van der Waals surface area contributed by atoms with E-state index in [1.165, 1.54) is 18.5 Å². The minimum Gasteiger partial charge on any atom is -0.349 e. The zero-order chi connectivity index (χ0) is 27.1. The number of hydrogen-bond acceptors (Lipinski definition) is 6. The lowest BCUT2D eigenvalue weighted by atomic mass is 10.0. The Balaban J connectivity index is 1.67. The molecule has 2 atom stereocenters. The molecule has 4 heterocycles. The lowest BCUT2D eigenvalue weighted by molar-refractivity contribution is -0.134. The molecule has 8 nitrogen and oxygen atoms in total. The molecule has 0 aliphatic carbocycles. The fourth-order valence-corrected chi connectivity index (χ4v) is 5.23. The number of piperazine rings is 1. The molecule has 5 rings (SSSR count). The summed E-state index contributed by atoms with van der Waals surface area (Å²) in [5.74, 6) is -0.242. The van der Waals surface area contributed by atoms with Crippen molar-refractivity contribution in [1.29, 1.82) is 0 Å². The van der Waals surface area contributed by atoms with Gasteiger partial charge in [-0.1, -0.05) is 13.8 Å². The monoisotopic (exact) mass is 519 g/mol. The molecule has 1 aliphatic heterocycles. The third-order valence-electron chi connectivity index (χ3n) is 6.99. The first-order valence-electron chi connectivity index (χ1n) is 12.8. The van der Waals surface area contributed by atoms with Gasteiger partial charge < -0.3 is 14.4 Å². The van der Waals surface area contributed by atoms with E-state index in [1.54, 1.807) is 23.2 Å². The van der Waals surface area contributed by atoms with Crippen LogP contribution in [0.4, 0.5) is 14.6 Å². The van der Waals surface area contributed by atoms with E-state index < -0.39 is 11.6 Å². The number of amides is 1. The van der Waals surface area contributed by atoms with Gasteiger partial charge in [0, 0.05) is 61.8 Å². The summed E-state index contributed by atoms with van der Waals surface area (Å²) in [7, 11) is 0. The Labute approximate surface area is 220 Å². The molecule has 1 saturated heterocycles. The number of aromatic nitrogens is 5. The molecule has 10 heteroatoms. The van der Waals surface area contributed by atoms with Crippen molar-refractivity contribution < 1.29 is 13.6 Å². The fourth-order valence-electron chi connectivity index (χ4n) is 5.23. The number of aryl methyl sites for hydroxylation is 1. The van der Waals surface area contributed by atoms with Crippen molar-refractivity contribution in [3.8, 4) is 16.9 Å². The van der Waals surface area contributed by atoms with Crippen LogP contribution in [0.3, 0.4) is 0 Å². The van der Waals surface area contributed by atoms with E-state index in [4.69, 9.17) is 4.98 Å². The molecule has 1 aromatic carbocycles. The second-order valence-corrected chi connectivity index (χ2v) is 10.4. The molecular formula is C28H31F2N7O. The Morgan fingerprint density at radius 2 is 1.71 bits per heavy atom. The number of fused-ring (bicyclic) bond motifs is 1. The number of hydrogen-bond donors (Lipinski definition) is 0. The average Bonchev–Trinajstić information content (AvgIpc) is 3.24. The van der Waals surface area contributed by atoms with E-state index in [1.807, 2.05) is 32.6 Å². The van der Waals surface area contributed by atoms with Gasteiger partial charge in [0.25, 0.3) is 0 Å². The molecule has 198 valence electrons. The van der Waals surface area contributed by atoms with Crippen molar-refractivity contribution in [2.75, 3.05) is 18.0 Å². The summed E-state index contributed by atoms with van der Waals surface area (Å²) in [6.07, 6.45) is 6.99. The Bertz CT molecular complexity index is 1480. The van der Waals surface area contributed by atoms with Crippen molar-refractivity contribution in [3.05, 3.63) is 60.4 Å². The molecule has 3 aromatic heterocycles. The number of nitrogens with zero attached hydrogens (tertiary/aromatic N) is 7. The van der Waals surface area contributed by atoms with E-state index in [9.17, 15) is 13.6 Å². The smallest absolute Gasteiger partial charge is 0.223 e. The topological polar surface area (TPSA) is 80.0 Å². The van der Waals surface area contributed by atoms with Crippen LogP contribution in [0.2, 0.25) is 0 Å². The predicted molar refractivity (Wildman–Crippen MR) is 142 cm³/mol. The Morgan fingerprint density at radius 1 is 1.00 bits per heavy atom. The van der Waals surface area contributed by atoms with Crippen LogP contribution >= 0.6 is 0 Å². The van der Waals surface area contributed by atoms with Gasteiger partial charge in [0.1, 0.15) is 23.8 Å². The van der Waals surface area contributed by atoms with Crippen LogP contribution in [-0.2, 0) is 4.79 Å². The lowest BCUT2D eigenvalue weighted by Crippen LogP contribution is -2.58. The van der Waals surface area contributed by atoms with Crippen LogP contribution in [0, 0.1) is 24.5 Å². The van der Waals surface area contributed by atoms with Gasteiger partial charge in [-0.05, 0) is 38.8 Å². The van der Waals surface area contributed by atoms with Gasteiger partial charge in [0.05, 0.1) is 22.5 Å². The molecule has 1 amide bonds. The molecule has 0 unspecified atom stereocenters. The van der Waals surface area contributed by atoms with Gasteiger partial charge in [-0.25, -0.2) is 18.7 Å². The molecule has 0 N–H and O–H groups in total. The molecule has 1 fully saturated rings. The number of benzene rings is 1. The maximum atomic E-state index is 14.2. The third-order valence-corrected chi connectivity index (χ3v) is 6.99. The summed E-state index contributed by atoms with van der Waals surface area (Å²) in [5.41, 5.74) is 2.85. The largest absolute Gasteiger partial charge is 0.349 e. The summed E-state index contributed by atoms with van der Waals surface area (Å²) in [6.45, 7) is 11.2. The highest BCUT2D eigenvalue weighted by molar-refractivity contribution is 6.02. The number of carbonyl (C=O) groups excluding carboxylic acids is 1. The molecule has 0 spiro atoms. The third kappa shape index (κ3) is 4.70. The minimum atomic E-state index is -0.682. The normalized spacial score (nSPS) is 18.0. The first kappa shape index (κ1) is 25.7. The number of carbonyl (C=O) groups is 1. The van der Waals surface area contributed by atoms with Crippen LogP contribution < -0.4 is 4.90 Å². The summed E-state index contributed by atoms with van der Waals surface area (Å²) in [4.78, 5) is 35.3. The standard InChI is InChI=1S/C28H31F2N7O/c1-16(2)8-24(38)35-12-18(4)36(13-17(35)3)27-25-23(26-19(5)31-6-7-32-26)14-37(28(25)34-15-33-27)22-10-20(29)9-21(30)11-22/h6-7,9-11,14-18H,8,12-13H2,1-5H3/t17-,18+/m1/s1. The fraction of sp³-hybridized carbons (Fsp3) is 0.393. The minimum absolute atomic E-state index is 0.0221. The van der Waals surface area contributed by atoms with E-state index in [0.29, 0.717) is 59.0 Å². The maximum Gasteiger partial charge on any atom is 0.223 e. The van der Waals surface area contributed by atoms with Crippen molar-refractivity contribution in [1.82, 2.24) is 29.4 Å². The van der Waals surface area contributed by atoms with E-state index >= 15 is 0 Å². The van der Waals surface area contributed by atoms with Crippen LogP contribution in [0.1, 0.15) is 39.8 Å². The lowest BCUT2D eigenvalue weighted by Gasteiger charge is -2.45. The second-order valence-electron chi connectivity index (χ2n) is 10.4.